The van der Waals surface area contributed by atoms with Crippen LogP contribution in [0.4, 0.5) is 0 Å². The fraction of sp³-hybridized carbons (Fsp3) is 0.571. The van der Waals surface area contributed by atoms with E-state index in [1.807, 2.05) is 0 Å². The van der Waals surface area contributed by atoms with E-state index in [-0.39, 0.29) is 6.04 Å². The smallest absolute Gasteiger partial charge is 0.0326 e. The van der Waals surface area contributed by atoms with Gasteiger partial charge in [0.25, 0.3) is 0 Å². The van der Waals surface area contributed by atoms with Crippen molar-refractivity contribution < 1.29 is 0 Å². The summed E-state index contributed by atoms with van der Waals surface area (Å²) in [5, 5.41) is 0. The summed E-state index contributed by atoms with van der Waals surface area (Å²) in [4.78, 5) is 0. The second kappa shape index (κ2) is 5.46. The number of hydrogen-bond acceptors (Lipinski definition) is 2. The summed E-state index contributed by atoms with van der Waals surface area (Å²) < 4.78 is 0. The number of hydrogen-bond donors (Lipinski definition) is 2. The second-order valence-corrected chi connectivity index (χ2v) is 4.89. The molecule has 0 amide bonds. The molecule has 0 spiro atoms. The Morgan fingerprint density at radius 3 is 2.06 bits per heavy atom. The van der Waals surface area contributed by atoms with Crippen molar-refractivity contribution in [2.75, 3.05) is 6.54 Å². The van der Waals surface area contributed by atoms with Gasteiger partial charge in [-0.25, -0.2) is 0 Å². The maximum Gasteiger partial charge on any atom is 0.0326 e. The maximum absolute atomic E-state index is 6.32. The van der Waals surface area contributed by atoms with E-state index >= 15 is 0 Å². The Morgan fingerprint density at radius 1 is 1.12 bits per heavy atom. The van der Waals surface area contributed by atoms with E-state index in [4.69, 9.17) is 11.5 Å². The van der Waals surface area contributed by atoms with E-state index in [9.17, 15) is 0 Å². The molecule has 16 heavy (non-hydrogen) atoms. The SMILES string of the molecule is Cc1cc(C)c(C(N)C(C)CCN)c(C)c1. The van der Waals surface area contributed by atoms with Gasteiger partial charge in [0.1, 0.15) is 0 Å². The second-order valence-electron chi connectivity index (χ2n) is 4.89. The zero-order valence-electron chi connectivity index (χ0n) is 10.9. The summed E-state index contributed by atoms with van der Waals surface area (Å²) in [6.45, 7) is 9.29. The van der Waals surface area contributed by atoms with Gasteiger partial charge in [0.2, 0.25) is 0 Å². The summed E-state index contributed by atoms with van der Waals surface area (Å²) in [6.07, 6.45) is 0.980. The molecule has 2 nitrogen and oxygen atoms in total. The largest absolute Gasteiger partial charge is 0.330 e. The Kier molecular flexibility index (Phi) is 4.51. The van der Waals surface area contributed by atoms with Gasteiger partial charge in [-0.05, 0) is 56.3 Å². The third-order valence-corrected chi connectivity index (χ3v) is 3.31. The van der Waals surface area contributed by atoms with Gasteiger partial charge in [-0.2, -0.15) is 0 Å². The molecule has 2 atom stereocenters. The lowest BCUT2D eigenvalue weighted by atomic mass is 9.86. The molecule has 4 N–H and O–H groups in total. The van der Waals surface area contributed by atoms with Crippen molar-refractivity contribution in [1.29, 1.82) is 0 Å². The van der Waals surface area contributed by atoms with Gasteiger partial charge in [-0.15, -0.1) is 0 Å². The number of nitrogens with two attached hydrogens (primary N) is 2. The van der Waals surface area contributed by atoms with Crippen LogP contribution in [0.15, 0.2) is 12.1 Å². The van der Waals surface area contributed by atoms with Crippen LogP contribution in [0.3, 0.4) is 0 Å². The van der Waals surface area contributed by atoms with E-state index in [0.29, 0.717) is 12.5 Å². The van der Waals surface area contributed by atoms with Gasteiger partial charge in [0, 0.05) is 6.04 Å². The first kappa shape index (κ1) is 13.2. The Morgan fingerprint density at radius 2 is 1.62 bits per heavy atom. The fourth-order valence-corrected chi connectivity index (χ4v) is 2.44. The topological polar surface area (TPSA) is 52.0 Å². The minimum absolute atomic E-state index is 0.101. The summed E-state index contributed by atoms with van der Waals surface area (Å²) in [5.41, 5.74) is 17.1. The molecule has 0 saturated carbocycles. The van der Waals surface area contributed by atoms with Crippen LogP contribution in [0.2, 0.25) is 0 Å². The highest BCUT2D eigenvalue weighted by atomic mass is 14.7. The lowest BCUT2D eigenvalue weighted by molar-refractivity contribution is 0.441. The van der Waals surface area contributed by atoms with Crippen molar-refractivity contribution in [3.8, 4) is 0 Å². The maximum atomic E-state index is 6.32. The Balaban J connectivity index is 3.03. The molecule has 0 fully saturated rings. The molecule has 1 rings (SSSR count). The van der Waals surface area contributed by atoms with E-state index in [2.05, 4.69) is 39.8 Å². The standard InChI is InChI=1S/C14H24N2/c1-9-7-11(3)13(12(4)8-9)14(16)10(2)5-6-15/h7-8,10,14H,5-6,15-16H2,1-4H3. The highest BCUT2D eigenvalue weighted by Crippen LogP contribution is 2.28. The molecule has 0 bridgehead atoms. The van der Waals surface area contributed by atoms with Crippen molar-refractivity contribution in [1.82, 2.24) is 0 Å². The summed E-state index contributed by atoms with van der Waals surface area (Å²) in [7, 11) is 0. The molecule has 0 aliphatic heterocycles. The molecule has 2 unspecified atom stereocenters. The molecular weight excluding hydrogens is 196 g/mol. The first-order valence-corrected chi connectivity index (χ1v) is 6.00. The Hall–Kier alpha value is -0.860. The predicted molar refractivity (Wildman–Crippen MR) is 70.4 cm³/mol. The summed E-state index contributed by atoms with van der Waals surface area (Å²) >= 11 is 0. The number of rotatable bonds is 4. The zero-order valence-corrected chi connectivity index (χ0v) is 10.9. The van der Waals surface area contributed by atoms with Crippen LogP contribution in [0.1, 0.15) is 41.6 Å². The van der Waals surface area contributed by atoms with Gasteiger partial charge in [-0.1, -0.05) is 24.6 Å². The minimum atomic E-state index is 0.101. The molecule has 0 aliphatic carbocycles. The van der Waals surface area contributed by atoms with Crippen molar-refractivity contribution in [2.45, 2.75) is 40.2 Å². The fourth-order valence-electron chi connectivity index (χ4n) is 2.44. The molecular formula is C14H24N2. The molecule has 0 saturated heterocycles. The van der Waals surface area contributed by atoms with Gasteiger partial charge in [-0.3, -0.25) is 0 Å². The van der Waals surface area contributed by atoms with Crippen LogP contribution in [0.5, 0.6) is 0 Å². The van der Waals surface area contributed by atoms with E-state index in [1.54, 1.807) is 0 Å². The quantitative estimate of drug-likeness (QED) is 0.819. The van der Waals surface area contributed by atoms with Crippen molar-refractivity contribution in [3.63, 3.8) is 0 Å². The molecule has 0 aromatic heterocycles. The highest BCUT2D eigenvalue weighted by molar-refractivity contribution is 5.39. The number of aryl methyl sites for hydroxylation is 3. The lowest BCUT2D eigenvalue weighted by Gasteiger charge is -2.24. The van der Waals surface area contributed by atoms with Gasteiger partial charge >= 0.3 is 0 Å². The monoisotopic (exact) mass is 220 g/mol. The van der Waals surface area contributed by atoms with Crippen LogP contribution >= 0.6 is 0 Å². The van der Waals surface area contributed by atoms with Crippen molar-refractivity contribution in [3.05, 3.63) is 34.4 Å². The first-order valence-electron chi connectivity index (χ1n) is 6.00. The average Bonchev–Trinajstić information content (AvgIpc) is 2.16. The third kappa shape index (κ3) is 2.83. The van der Waals surface area contributed by atoms with Gasteiger partial charge in [0.15, 0.2) is 0 Å². The van der Waals surface area contributed by atoms with Crippen molar-refractivity contribution in [2.24, 2.45) is 17.4 Å². The van der Waals surface area contributed by atoms with E-state index in [0.717, 1.165) is 6.42 Å². The molecule has 2 heteroatoms. The molecule has 1 aromatic carbocycles. The lowest BCUT2D eigenvalue weighted by Crippen LogP contribution is -2.23. The van der Waals surface area contributed by atoms with Gasteiger partial charge in [0.05, 0.1) is 0 Å². The predicted octanol–water partition coefficient (Wildman–Crippen LogP) is 2.60. The molecule has 90 valence electrons. The van der Waals surface area contributed by atoms with Gasteiger partial charge < -0.3 is 11.5 Å². The number of benzene rings is 1. The van der Waals surface area contributed by atoms with Crippen molar-refractivity contribution >= 4 is 0 Å². The van der Waals surface area contributed by atoms with Crippen LogP contribution in [-0.4, -0.2) is 6.54 Å². The van der Waals surface area contributed by atoms with Crippen LogP contribution in [0, 0.1) is 26.7 Å². The normalized spacial score (nSPS) is 14.9. The summed E-state index contributed by atoms with van der Waals surface area (Å²) in [6, 6.07) is 4.51. The molecule has 1 aromatic rings. The average molecular weight is 220 g/mol. The van der Waals surface area contributed by atoms with Crippen LogP contribution in [-0.2, 0) is 0 Å². The van der Waals surface area contributed by atoms with Crippen LogP contribution in [0.25, 0.3) is 0 Å². The first-order chi connectivity index (χ1) is 7.47. The molecule has 0 heterocycles. The Labute approximate surface area is 99.0 Å². The Bertz CT molecular complexity index is 335. The third-order valence-electron chi connectivity index (χ3n) is 3.31. The molecule has 0 radical (unpaired) electrons. The zero-order chi connectivity index (χ0) is 12.3. The van der Waals surface area contributed by atoms with E-state index in [1.165, 1.54) is 22.3 Å². The van der Waals surface area contributed by atoms with Crippen LogP contribution < -0.4 is 11.5 Å². The molecule has 0 aliphatic rings. The van der Waals surface area contributed by atoms with E-state index < -0.39 is 0 Å². The summed E-state index contributed by atoms with van der Waals surface area (Å²) in [5.74, 6) is 0.435. The minimum Gasteiger partial charge on any atom is -0.330 e. The highest BCUT2D eigenvalue weighted by Gasteiger charge is 2.18.